The number of ether oxygens (including phenoxy) is 2. The van der Waals surface area contributed by atoms with Crippen LogP contribution in [0.5, 0.6) is 0 Å². The lowest BCUT2D eigenvalue weighted by Crippen LogP contribution is -2.40. The van der Waals surface area contributed by atoms with Crippen molar-refractivity contribution in [3.63, 3.8) is 0 Å². The van der Waals surface area contributed by atoms with Gasteiger partial charge in [-0.05, 0) is 19.8 Å². The molecule has 0 aliphatic carbocycles. The van der Waals surface area contributed by atoms with Crippen LogP contribution in [0.25, 0.3) is 0 Å². The van der Waals surface area contributed by atoms with Gasteiger partial charge in [0.25, 0.3) is 5.56 Å². The zero-order valence-electron chi connectivity index (χ0n) is 20.2. The second kappa shape index (κ2) is 13.4. The summed E-state index contributed by atoms with van der Waals surface area (Å²) in [7, 11) is -7.83. The first-order valence-corrected chi connectivity index (χ1v) is 14.2. The van der Waals surface area contributed by atoms with Crippen molar-refractivity contribution in [3.05, 3.63) is 32.6 Å². The van der Waals surface area contributed by atoms with Crippen LogP contribution >= 0.6 is 15.6 Å². The van der Waals surface area contributed by atoms with Gasteiger partial charge < -0.3 is 19.3 Å². The highest BCUT2D eigenvalue weighted by molar-refractivity contribution is 7.47. The molecule has 0 aromatic carbocycles. The Hall–Kier alpha value is -1.18. The van der Waals surface area contributed by atoms with Crippen LogP contribution in [0.2, 0.25) is 0 Å². The van der Waals surface area contributed by atoms with Gasteiger partial charge in [-0.1, -0.05) is 26.7 Å². The number of hydrogen-bond acceptors (Lipinski definition) is 10. The lowest BCUT2D eigenvalue weighted by Gasteiger charge is -2.25. The summed E-state index contributed by atoms with van der Waals surface area (Å²) in [5.74, 6) is 0. The third-order valence-corrected chi connectivity index (χ3v) is 7.14. The number of methoxy groups -OCH3 is 1. The maximum absolute atomic E-state index is 12.6. The molecule has 1 saturated heterocycles. The largest absolute Gasteiger partial charge is 0.472 e. The Balaban J connectivity index is 2.32. The van der Waals surface area contributed by atoms with E-state index in [-0.39, 0.29) is 18.8 Å². The fourth-order valence-electron chi connectivity index (χ4n) is 3.26. The van der Waals surface area contributed by atoms with Crippen LogP contribution in [0.3, 0.4) is 0 Å². The highest BCUT2D eigenvalue weighted by Crippen LogP contribution is 2.50. The van der Waals surface area contributed by atoms with Gasteiger partial charge in [0.15, 0.2) is 6.23 Å². The zero-order valence-corrected chi connectivity index (χ0v) is 21.9. The molecule has 0 amide bonds. The lowest BCUT2D eigenvalue weighted by atomic mass is 10.1. The van der Waals surface area contributed by atoms with Gasteiger partial charge >= 0.3 is 21.3 Å². The average molecular weight is 544 g/mol. The van der Waals surface area contributed by atoms with Crippen molar-refractivity contribution in [3.8, 4) is 0 Å². The first-order chi connectivity index (χ1) is 16.4. The van der Waals surface area contributed by atoms with E-state index in [1.807, 2.05) is 13.8 Å². The van der Waals surface area contributed by atoms with Crippen molar-refractivity contribution in [2.24, 2.45) is 0 Å². The Morgan fingerprint density at radius 3 is 2.20 bits per heavy atom. The minimum Gasteiger partial charge on any atom is -0.374 e. The second-order valence-electron chi connectivity index (χ2n) is 7.92. The van der Waals surface area contributed by atoms with Gasteiger partial charge in [0, 0.05) is 18.9 Å². The van der Waals surface area contributed by atoms with E-state index in [1.54, 1.807) is 0 Å². The molecule has 0 saturated carbocycles. The number of rotatable bonds is 15. The standard InChI is InChI=1S/C19H34N2O12P2/c1-5-7-9-29-34(24,25)31-12-14-15(33-35(26,27)30-10-8-6-2)16(28-4)18(32-14)21-11-13(3)17(22)20-19(21)23/h11,14-16,18H,5-10,12H2,1-4H3,(H,24,25)(H,26,27)(H,20,22,23)/t14-,15?,16+,18-/m1/s1. The van der Waals surface area contributed by atoms with E-state index in [4.69, 9.17) is 27.6 Å². The van der Waals surface area contributed by atoms with Crippen LogP contribution in [-0.4, -0.2) is 64.6 Å². The number of phosphoric acid groups is 2. The smallest absolute Gasteiger partial charge is 0.374 e. The summed E-state index contributed by atoms with van der Waals surface area (Å²) in [6.45, 7) is 4.56. The molecule has 14 nitrogen and oxygen atoms in total. The molecule has 1 aromatic heterocycles. The molecule has 3 unspecified atom stereocenters. The fraction of sp³-hybridized carbons (Fsp3) is 0.789. The Kier molecular flexibility index (Phi) is 11.5. The van der Waals surface area contributed by atoms with Crippen molar-refractivity contribution in [1.82, 2.24) is 9.55 Å². The monoisotopic (exact) mass is 544 g/mol. The predicted molar refractivity (Wildman–Crippen MR) is 123 cm³/mol. The Bertz CT molecular complexity index is 1030. The summed E-state index contributed by atoms with van der Waals surface area (Å²) < 4.78 is 57.2. The number of nitrogens with one attached hydrogen (secondary N) is 1. The summed E-state index contributed by atoms with van der Waals surface area (Å²) in [5, 5.41) is 0. The number of aromatic nitrogens is 2. The van der Waals surface area contributed by atoms with E-state index < -0.39 is 58.0 Å². The molecule has 1 fully saturated rings. The maximum Gasteiger partial charge on any atom is 0.472 e. The summed E-state index contributed by atoms with van der Waals surface area (Å²) >= 11 is 0. The molecular weight excluding hydrogens is 510 g/mol. The van der Waals surface area contributed by atoms with Crippen LogP contribution in [0, 0.1) is 6.92 Å². The molecule has 6 atom stereocenters. The van der Waals surface area contributed by atoms with Crippen molar-refractivity contribution >= 4 is 15.6 Å². The lowest BCUT2D eigenvalue weighted by molar-refractivity contribution is -0.0626. The van der Waals surface area contributed by atoms with Crippen molar-refractivity contribution in [2.75, 3.05) is 26.9 Å². The minimum atomic E-state index is -4.62. The third-order valence-electron chi connectivity index (χ3n) is 5.14. The normalized spacial score (nSPS) is 25.9. The maximum atomic E-state index is 12.6. The number of phosphoric ester groups is 2. The van der Waals surface area contributed by atoms with Crippen LogP contribution in [0.15, 0.2) is 15.8 Å². The van der Waals surface area contributed by atoms with Crippen molar-refractivity contribution in [1.29, 1.82) is 0 Å². The van der Waals surface area contributed by atoms with E-state index in [0.717, 1.165) is 11.0 Å². The van der Waals surface area contributed by atoms with Crippen LogP contribution in [0.1, 0.15) is 51.3 Å². The van der Waals surface area contributed by atoms with Gasteiger partial charge in [-0.15, -0.1) is 0 Å². The van der Waals surface area contributed by atoms with E-state index in [2.05, 4.69) is 4.98 Å². The highest BCUT2D eigenvalue weighted by atomic mass is 31.2. The van der Waals surface area contributed by atoms with Gasteiger partial charge in [0.2, 0.25) is 0 Å². The van der Waals surface area contributed by atoms with Crippen molar-refractivity contribution < 1.29 is 46.5 Å². The Morgan fingerprint density at radius 1 is 1.03 bits per heavy atom. The molecule has 1 aliphatic rings. The fourth-order valence-corrected chi connectivity index (χ4v) is 5.01. The van der Waals surface area contributed by atoms with Gasteiger partial charge in [-0.25, -0.2) is 13.9 Å². The second-order valence-corrected chi connectivity index (χ2v) is 10.8. The number of unbranched alkanes of at least 4 members (excludes halogenated alkanes) is 2. The van der Waals surface area contributed by atoms with Gasteiger partial charge in [-0.3, -0.25) is 32.4 Å². The van der Waals surface area contributed by atoms with Gasteiger partial charge in [0.1, 0.15) is 18.3 Å². The number of aromatic amines is 1. The average Bonchev–Trinajstić information content (AvgIpc) is 3.11. The molecule has 3 N–H and O–H groups in total. The quantitative estimate of drug-likeness (QED) is 0.216. The summed E-state index contributed by atoms with van der Waals surface area (Å²) in [4.78, 5) is 46.5. The zero-order chi connectivity index (χ0) is 26.2. The highest BCUT2D eigenvalue weighted by Gasteiger charge is 2.51. The van der Waals surface area contributed by atoms with Crippen LogP contribution in [0.4, 0.5) is 0 Å². The molecule has 0 bridgehead atoms. The summed E-state index contributed by atoms with van der Waals surface area (Å²) in [5.41, 5.74) is -1.23. The molecule has 0 radical (unpaired) electrons. The number of H-pyrrole nitrogens is 1. The topological polar surface area (TPSA) is 185 Å². The van der Waals surface area contributed by atoms with Gasteiger partial charge in [0.05, 0.1) is 19.8 Å². The molecule has 1 aliphatic heterocycles. The molecule has 2 heterocycles. The molecule has 0 spiro atoms. The molecule has 202 valence electrons. The van der Waals surface area contributed by atoms with Crippen LogP contribution in [-0.2, 0) is 36.7 Å². The van der Waals surface area contributed by atoms with E-state index in [0.29, 0.717) is 19.3 Å². The van der Waals surface area contributed by atoms with Crippen molar-refractivity contribution in [2.45, 2.75) is 71.0 Å². The third kappa shape index (κ3) is 8.71. The molecule has 1 aromatic rings. The number of nitrogens with zero attached hydrogens (tertiary/aromatic N) is 1. The van der Waals surface area contributed by atoms with E-state index in [9.17, 15) is 28.5 Å². The van der Waals surface area contributed by atoms with Gasteiger partial charge in [-0.2, -0.15) is 0 Å². The number of aryl methyl sites for hydroxylation is 1. The predicted octanol–water partition coefficient (Wildman–Crippen LogP) is 1.99. The SMILES string of the molecule is CCCCOP(=O)(O)OC[C@H]1O[C@@H](n2cc(C)c(=O)[nH]c2=O)[C@@H](OC)C1OP(=O)(O)OCCCC. The Labute approximate surface area is 202 Å². The minimum absolute atomic E-state index is 0.0117. The van der Waals surface area contributed by atoms with E-state index in [1.165, 1.54) is 20.2 Å². The first kappa shape index (κ1) is 30.0. The summed E-state index contributed by atoms with van der Waals surface area (Å²) in [6.07, 6.45) is -1.30. The van der Waals surface area contributed by atoms with Crippen LogP contribution < -0.4 is 11.2 Å². The molecule has 16 heteroatoms. The molecule has 2 rings (SSSR count). The Morgan fingerprint density at radius 2 is 1.63 bits per heavy atom. The number of hydrogen-bond donors (Lipinski definition) is 3. The van der Waals surface area contributed by atoms with E-state index >= 15 is 0 Å². The molecule has 35 heavy (non-hydrogen) atoms. The summed E-state index contributed by atoms with van der Waals surface area (Å²) in [6, 6.07) is 0. The molecular formula is C19H34N2O12P2. The first-order valence-electron chi connectivity index (χ1n) is 11.2.